The Kier molecular flexibility index (Phi) is 6.17. The maximum atomic E-state index is 10.2. The Labute approximate surface area is 127 Å². The van der Waals surface area contributed by atoms with E-state index in [1.165, 1.54) is 0 Å². The molecular formula is C15H28N4O2. The molecule has 6 heteroatoms. The third kappa shape index (κ3) is 5.74. The predicted octanol–water partition coefficient (Wildman–Crippen LogP) is 0.331. The Hall–Kier alpha value is -0.950. The molecule has 6 nitrogen and oxygen atoms in total. The minimum absolute atomic E-state index is 0.243. The van der Waals surface area contributed by atoms with Crippen molar-refractivity contribution in [2.45, 2.75) is 51.7 Å². The van der Waals surface area contributed by atoms with E-state index in [2.05, 4.69) is 36.1 Å². The van der Waals surface area contributed by atoms with Gasteiger partial charge in [0.1, 0.15) is 0 Å². The normalized spacial score (nSPS) is 26.7. The van der Waals surface area contributed by atoms with Crippen molar-refractivity contribution in [3.05, 3.63) is 18.5 Å². The van der Waals surface area contributed by atoms with Crippen molar-refractivity contribution in [3.63, 3.8) is 0 Å². The van der Waals surface area contributed by atoms with Gasteiger partial charge in [0.05, 0.1) is 24.9 Å². The molecule has 120 valence electrons. The molecule has 2 heterocycles. The second-order valence-electron chi connectivity index (χ2n) is 6.17. The van der Waals surface area contributed by atoms with Crippen molar-refractivity contribution >= 4 is 0 Å². The maximum absolute atomic E-state index is 10.2. The number of hydrogen-bond donors (Lipinski definition) is 2. The molecule has 0 unspecified atom stereocenters. The molecule has 0 spiro atoms. The van der Waals surface area contributed by atoms with E-state index < -0.39 is 0 Å². The first-order valence-electron chi connectivity index (χ1n) is 7.79. The number of nitrogens with one attached hydrogen (secondary N) is 1. The third-order valence-corrected chi connectivity index (χ3v) is 3.69. The minimum atomic E-state index is -0.359. The predicted molar refractivity (Wildman–Crippen MR) is 82.1 cm³/mol. The van der Waals surface area contributed by atoms with Gasteiger partial charge in [-0.1, -0.05) is 0 Å². The summed E-state index contributed by atoms with van der Waals surface area (Å²) in [5, 5.41) is 17.7. The van der Waals surface area contributed by atoms with Crippen molar-refractivity contribution in [2.75, 3.05) is 26.2 Å². The van der Waals surface area contributed by atoms with Crippen LogP contribution in [0.4, 0.5) is 0 Å². The van der Waals surface area contributed by atoms with Crippen molar-refractivity contribution in [3.8, 4) is 0 Å². The van der Waals surface area contributed by atoms with Crippen LogP contribution in [0, 0.1) is 0 Å². The van der Waals surface area contributed by atoms with Gasteiger partial charge < -0.3 is 15.2 Å². The van der Waals surface area contributed by atoms with E-state index in [4.69, 9.17) is 4.74 Å². The average molecular weight is 296 g/mol. The minimum Gasteiger partial charge on any atom is -0.390 e. The number of hydrogen-bond acceptors (Lipinski definition) is 5. The number of β-amino-alcohol motifs (C(OH)–C–C–N with tert-alkyl or cyclic N) is 1. The summed E-state index contributed by atoms with van der Waals surface area (Å²) in [6.45, 7) is 10.2. The molecule has 1 fully saturated rings. The second kappa shape index (κ2) is 7.89. The van der Waals surface area contributed by atoms with Crippen LogP contribution in [0.25, 0.3) is 0 Å². The van der Waals surface area contributed by atoms with Crippen molar-refractivity contribution in [2.24, 2.45) is 0 Å². The van der Waals surface area contributed by atoms with Gasteiger partial charge in [0.15, 0.2) is 0 Å². The summed E-state index contributed by atoms with van der Waals surface area (Å²) in [6, 6.07) is 2.20. The number of morpholine rings is 1. The summed E-state index contributed by atoms with van der Waals surface area (Å²) in [5.74, 6) is 0. The van der Waals surface area contributed by atoms with Crippen LogP contribution in [-0.4, -0.2) is 70.3 Å². The molecular weight excluding hydrogens is 268 g/mol. The lowest BCUT2D eigenvalue weighted by molar-refractivity contribution is -0.0763. The van der Waals surface area contributed by atoms with Crippen LogP contribution in [-0.2, 0) is 11.3 Å². The van der Waals surface area contributed by atoms with Crippen LogP contribution in [0.15, 0.2) is 18.5 Å². The van der Waals surface area contributed by atoms with E-state index >= 15 is 0 Å². The standard InChI is InChI=1S/C15H28N4O2/c1-12(8-19-6-4-5-17-19)16-7-15(20)11-18-9-13(2)21-14(3)10-18/h4-6,12-16,20H,7-11H2,1-3H3/t12-,13-,14+,15+/m1/s1. The summed E-state index contributed by atoms with van der Waals surface area (Å²) in [7, 11) is 0. The average Bonchev–Trinajstić information content (AvgIpc) is 2.88. The highest BCUT2D eigenvalue weighted by atomic mass is 16.5. The number of aliphatic hydroxyl groups is 1. The van der Waals surface area contributed by atoms with Crippen LogP contribution in [0.5, 0.6) is 0 Å². The highest BCUT2D eigenvalue weighted by molar-refractivity contribution is 4.80. The Morgan fingerprint density at radius 3 is 2.67 bits per heavy atom. The zero-order valence-corrected chi connectivity index (χ0v) is 13.3. The van der Waals surface area contributed by atoms with Gasteiger partial charge in [-0.25, -0.2) is 0 Å². The fourth-order valence-electron chi connectivity index (χ4n) is 2.89. The largest absolute Gasteiger partial charge is 0.390 e. The van der Waals surface area contributed by atoms with E-state index in [-0.39, 0.29) is 24.4 Å². The van der Waals surface area contributed by atoms with Gasteiger partial charge in [-0.15, -0.1) is 0 Å². The summed E-state index contributed by atoms with van der Waals surface area (Å²) in [5.41, 5.74) is 0. The van der Waals surface area contributed by atoms with Gasteiger partial charge in [-0.2, -0.15) is 5.10 Å². The molecule has 1 aliphatic rings. The van der Waals surface area contributed by atoms with Crippen LogP contribution in [0.2, 0.25) is 0 Å². The molecule has 0 radical (unpaired) electrons. The highest BCUT2D eigenvalue weighted by Gasteiger charge is 2.23. The number of aromatic nitrogens is 2. The quantitative estimate of drug-likeness (QED) is 0.759. The number of ether oxygens (including phenoxy) is 1. The molecule has 21 heavy (non-hydrogen) atoms. The second-order valence-corrected chi connectivity index (χ2v) is 6.17. The van der Waals surface area contributed by atoms with Crippen molar-refractivity contribution in [1.29, 1.82) is 0 Å². The van der Waals surface area contributed by atoms with Crippen molar-refractivity contribution in [1.82, 2.24) is 20.0 Å². The van der Waals surface area contributed by atoms with E-state index in [1.54, 1.807) is 6.20 Å². The van der Waals surface area contributed by atoms with Gasteiger partial charge >= 0.3 is 0 Å². The number of rotatable bonds is 7. The Morgan fingerprint density at radius 2 is 2.05 bits per heavy atom. The molecule has 1 aromatic heterocycles. The maximum Gasteiger partial charge on any atom is 0.0791 e. The zero-order chi connectivity index (χ0) is 15.2. The highest BCUT2D eigenvalue weighted by Crippen LogP contribution is 2.10. The monoisotopic (exact) mass is 296 g/mol. The van der Waals surface area contributed by atoms with Gasteiger partial charge in [-0.3, -0.25) is 9.58 Å². The molecule has 0 aliphatic carbocycles. The molecule has 0 amide bonds. The lowest BCUT2D eigenvalue weighted by atomic mass is 10.2. The smallest absolute Gasteiger partial charge is 0.0791 e. The molecule has 2 rings (SSSR count). The van der Waals surface area contributed by atoms with E-state index in [0.717, 1.165) is 19.6 Å². The summed E-state index contributed by atoms with van der Waals surface area (Å²) < 4.78 is 7.60. The number of aliphatic hydroxyl groups excluding tert-OH is 1. The molecule has 0 aromatic carbocycles. The lowest BCUT2D eigenvalue weighted by Gasteiger charge is -2.36. The summed E-state index contributed by atoms with van der Waals surface area (Å²) in [6.07, 6.45) is 3.86. The van der Waals surface area contributed by atoms with Gasteiger partial charge in [0.2, 0.25) is 0 Å². The zero-order valence-electron chi connectivity index (χ0n) is 13.3. The fraction of sp³-hybridized carbons (Fsp3) is 0.800. The molecule has 4 atom stereocenters. The molecule has 1 aromatic rings. The SMILES string of the molecule is C[C@H](Cn1cccn1)NC[C@H](O)CN1C[C@@H](C)O[C@@H](C)C1. The van der Waals surface area contributed by atoms with Gasteiger partial charge in [-0.05, 0) is 26.8 Å². The van der Waals surface area contributed by atoms with Crippen LogP contribution >= 0.6 is 0 Å². The Bertz CT molecular complexity index is 388. The van der Waals surface area contributed by atoms with Crippen LogP contribution < -0.4 is 5.32 Å². The van der Waals surface area contributed by atoms with Crippen LogP contribution in [0.3, 0.4) is 0 Å². The topological polar surface area (TPSA) is 62.5 Å². The first kappa shape index (κ1) is 16.4. The Balaban J connectivity index is 1.65. The van der Waals surface area contributed by atoms with E-state index in [9.17, 15) is 5.11 Å². The first-order valence-corrected chi connectivity index (χ1v) is 7.79. The van der Waals surface area contributed by atoms with E-state index in [0.29, 0.717) is 13.1 Å². The number of nitrogens with zero attached hydrogens (tertiary/aromatic N) is 3. The summed E-state index contributed by atoms with van der Waals surface area (Å²) in [4.78, 5) is 2.28. The molecule has 0 saturated carbocycles. The summed E-state index contributed by atoms with van der Waals surface area (Å²) >= 11 is 0. The fourth-order valence-corrected chi connectivity index (χ4v) is 2.89. The van der Waals surface area contributed by atoms with E-state index in [1.807, 2.05) is 16.9 Å². The molecule has 1 aliphatic heterocycles. The lowest BCUT2D eigenvalue weighted by Crippen LogP contribution is -2.50. The van der Waals surface area contributed by atoms with Crippen LogP contribution in [0.1, 0.15) is 20.8 Å². The third-order valence-electron chi connectivity index (χ3n) is 3.69. The molecule has 0 bridgehead atoms. The first-order chi connectivity index (χ1) is 10.0. The Morgan fingerprint density at radius 1 is 1.33 bits per heavy atom. The molecule has 2 N–H and O–H groups in total. The van der Waals surface area contributed by atoms with Gasteiger partial charge in [0, 0.05) is 44.6 Å². The van der Waals surface area contributed by atoms with Crippen molar-refractivity contribution < 1.29 is 9.84 Å². The molecule has 1 saturated heterocycles. The van der Waals surface area contributed by atoms with Gasteiger partial charge in [0.25, 0.3) is 0 Å².